The molecule has 0 heterocycles. The molecule has 0 atom stereocenters. The lowest BCUT2D eigenvalue weighted by Crippen LogP contribution is -2.24. The molecule has 1 amide bonds. The van der Waals surface area contributed by atoms with E-state index in [1.807, 2.05) is 36.4 Å². The quantitative estimate of drug-likeness (QED) is 0.176. The Bertz CT molecular complexity index is 1550. The summed E-state index contributed by atoms with van der Waals surface area (Å²) in [6, 6.07) is 20.9. The van der Waals surface area contributed by atoms with Crippen molar-refractivity contribution in [3.8, 4) is 23.0 Å². The Balaban J connectivity index is 1.40. The van der Waals surface area contributed by atoms with Gasteiger partial charge < -0.3 is 14.2 Å². The van der Waals surface area contributed by atoms with Crippen LogP contribution in [-0.4, -0.2) is 35.7 Å². The highest BCUT2D eigenvalue weighted by atomic mass is 16.6. The smallest absolute Gasteiger partial charge is 0.318 e. The Morgan fingerprint density at radius 1 is 0.895 bits per heavy atom. The summed E-state index contributed by atoms with van der Waals surface area (Å²) in [5.74, 6) is 0.266. The number of non-ortho nitro benzene ring substituents is 1. The van der Waals surface area contributed by atoms with E-state index in [2.05, 4.69) is 10.5 Å². The molecule has 38 heavy (non-hydrogen) atoms. The second-order valence-corrected chi connectivity index (χ2v) is 7.74. The number of fused-ring (bicyclic) bond motifs is 1. The third kappa shape index (κ3) is 5.99. The number of nitrogens with one attached hydrogen (secondary N) is 1. The third-order valence-electron chi connectivity index (χ3n) is 5.27. The zero-order valence-corrected chi connectivity index (χ0v) is 19.9. The first kappa shape index (κ1) is 25.6. The van der Waals surface area contributed by atoms with Crippen LogP contribution < -0.4 is 19.6 Å². The number of carbonyl (C=O) groups excluding carboxylic acids is 1. The maximum absolute atomic E-state index is 12.2. The zero-order valence-electron chi connectivity index (χ0n) is 19.9. The summed E-state index contributed by atoms with van der Waals surface area (Å²) in [4.78, 5) is 33.0. The molecule has 0 aromatic heterocycles. The SMILES string of the molecule is COc1cc(/C=N\NC(=O)COc2cccc3ccccc23)ccc1Oc1ccc([N+](=O)[O-])cc1[N+](=O)[O-]. The van der Waals surface area contributed by atoms with Crippen LogP contribution in [0.15, 0.2) is 84.0 Å². The van der Waals surface area contributed by atoms with Crippen LogP contribution in [0.5, 0.6) is 23.0 Å². The predicted octanol–water partition coefficient (Wildman–Crippen LogP) is 4.99. The van der Waals surface area contributed by atoms with Crippen molar-refractivity contribution in [2.24, 2.45) is 5.10 Å². The fourth-order valence-corrected chi connectivity index (χ4v) is 3.49. The summed E-state index contributed by atoms with van der Waals surface area (Å²) in [7, 11) is 1.37. The number of nitro groups is 2. The minimum Gasteiger partial charge on any atom is -0.493 e. The van der Waals surface area contributed by atoms with Gasteiger partial charge in [-0.1, -0.05) is 36.4 Å². The molecule has 0 radical (unpaired) electrons. The number of benzene rings is 4. The number of ether oxygens (including phenoxy) is 3. The van der Waals surface area contributed by atoms with E-state index in [1.54, 1.807) is 12.1 Å². The molecule has 12 nitrogen and oxygen atoms in total. The maximum atomic E-state index is 12.2. The Morgan fingerprint density at radius 2 is 1.66 bits per heavy atom. The number of hydrazone groups is 1. The number of carbonyl (C=O) groups is 1. The summed E-state index contributed by atoms with van der Waals surface area (Å²) in [5, 5.41) is 28.1. The van der Waals surface area contributed by atoms with Gasteiger partial charge in [0, 0.05) is 11.5 Å². The molecular weight excluding hydrogens is 496 g/mol. The van der Waals surface area contributed by atoms with E-state index in [1.165, 1.54) is 25.5 Å². The van der Waals surface area contributed by atoms with E-state index in [0.717, 1.165) is 29.0 Å². The van der Waals surface area contributed by atoms with E-state index < -0.39 is 27.1 Å². The second kappa shape index (κ2) is 11.5. The molecule has 192 valence electrons. The third-order valence-corrected chi connectivity index (χ3v) is 5.27. The number of hydrogen-bond acceptors (Lipinski definition) is 9. The fourth-order valence-electron chi connectivity index (χ4n) is 3.49. The zero-order chi connectivity index (χ0) is 27.1. The first-order valence-corrected chi connectivity index (χ1v) is 11.1. The van der Waals surface area contributed by atoms with Gasteiger partial charge in [-0.2, -0.15) is 5.10 Å². The highest BCUT2D eigenvalue weighted by molar-refractivity contribution is 5.89. The largest absolute Gasteiger partial charge is 0.493 e. The molecule has 0 bridgehead atoms. The molecule has 1 N–H and O–H groups in total. The van der Waals surface area contributed by atoms with Crippen LogP contribution in [-0.2, 0) is 4.79 Å². The lowest BCUT2D eigenvalue weighted by molar-refractivity contribution is -0.394. The standard InChI is InChI=1S/C26H20N4O8/c1-36-25-13-17(9-11-24(25)38-23-12-10-19(29(32)33)14-21(23)30(34)35)15-27-28-26(31)16-37-22-8-4-6-18-5-2-3-7-20(18)22/h2-15H,16H2,1H3,(H,28,31)/b27-15-. The van der Waals surface area contributed by atoms with Gasteiger partial charge in [0.15, 0.2) is 18.1 Å². The monoisotopic (exact) mass is 516 g/mol. The molecule has 4 rings (SSSR count). The van der Waals surface area contributed by atoms with Crippen LogP contribution in [0, 0.1) is 20.2 Å². The molecule has 0 unspecified atom stereocenters. The highest BCUT2D eigenvalue weighted by Crippen LogP contribution is 2.38. The summed E-state index contributed by atoms with van der Waals surface area (Å²) in [6.07, 6.45) is 1.37. The van der Waals surface area contributed by atoms with Crippen LogP contribution in [0.3, 0.4) is 0 Å². The highest BCUT2D eigenvalue weighted by Gasteiger charge is 2.22. The lowest BCUT2D eigenvalue weighted by Gasteiger charge is -2.11. The molecule has 0 saturated carbocycles. The van der Waals surface area contributed by atoms with Crippen molar-refractivity contribution in [2.75, 3.05) is 13.7 Å². The molecule has 12 heteroatoms. The molecule has 4 aromatic carbocycles. The maximum Gasteiger partial charge on any atom is 0.318 e. The number of methoxy groups -OCH3 is 1. The first-order valence-electron chi connectivity index (χ1n) is 11.1. The summed E-state index contributed by atoms with van der Waals surface area (Å²) >= 11 is 0. The van der Waals surface area contributed by atoms with E-state index in [0.29, 0.717) is 11.3 Å². The lowest BCUT2D eigenvalue weighted by atomic mass is 10.1. The summed E-state index contributed by atoms with van der Waals surface area (Å²) in [6.45, 7) is -0.241. The summed E-state index contributed by atoms with van der Waals surface area (Å²) < 4.78 is 16.5. The molecular formula is C26H20N4O8. The molecule has 0 aliphatic heterocycles. The van der Waals surface area contributed by atoms with E-state index in [9.17, 15) is 25.0 Å². The van der Waals surface area contributed by atoms with Crippen molar-refractivity contribution < 1.29 is 28.9 Å². The normalized spacial score (nSPS) is 10.8. The average molecular weight is 516 g/mol. The number of hydrogen-bond donors (Lipinski definition) is 1. The number of nitro benzene ring substituents is 2. The van der Waals surface area contributed by atoms with Gasteiger partial charge in [0.1, 0.15) is 5.75 Å². The van der Waals surface area contributed by atoms with Crippen molar-refractivity contribution in [3.63, 3.8) is 0 Å². The van der Waals surface area contributed by atoms with Gasteiger partial charge in [0.05, 0.1) is 29.2 Å². The second-order valence-electron chi connectivity index (χ2n) is 7.74. The van der Waals surface area contributed by atoms with Crippen molar-refractivity contribution >= 4 is 34.3 Å². The molecule has 0 fully saturated rings. The van der Waals surface area contributed by atoms with Gasteiger partial charge in [-0.3, -0.25) is 25.0 Å². The van der Waals surface area contributed by atoms with Gasteiger partial charge in [-0.05, 0) is 41.3 Å². The Labute approximate surface area is 215 Å². The van der Waals surface area contributed by atoms with Crippen LogP contribution in [0.2, 0.25) is 0 Å². The van der Waals surface area contributed by atoms with Gasteiger partial charge in [0.2, 0.25) is 5.75 Å². The topological polar surface area (TPSA) is 155 Å². The molecule has 0 aliphatic carbocycles. The van der Waals surface area contributed by atoms with Crippen molar-refractivity contribution in [1.29, 1.82) is 0 Å². The molecule has 0 saturated heterocycles. The van der Waals surface area contributed by atoms with Crippen LogP contribution >= 0.6 is 0 Å². The van der Waals surface area contributed by atoms with Gasteiger partial charge >= 0.3 is 5.69 Å². The molecule has 4 aromatic rings. The summed E-state index contributed by atoms with van der Waals surface area (Å²) in [5.41, 5.74) is 1.90. The Hall–Kier alpha value is -5.52. The van der Waals surface area contributed by atoms with E-state index >= 15 is 0 Å². The van der Waals surface area contributed by atoms with E-state index in [4.69, 9.17) is 14.2 Å². The van der Waals surface area contributed by atoms with Crippen LogP contribution in [0.1, 0.15) is 5.56 Å². The first-order chi connectivity index (χ1) is 18.4. The minimum atomic E-state index is -0.775. The van der Waals surface area contributed by atoms with Crippen molar-refractivity contribution in [2.45, 2.75) is 0 Å². The molecule has 0 aliphatic rings. The fraction of sp³-hybridized carbons (Fsp3) is 0.0769. The van der Waals surface area contributed by atoms with Crippen molar-refractivity contribution in [3.05, 3.63) is 105 Å². The number of rotatable bonds is 10. The number of nitrogens with zero attached hydrogens (tertiary/aromatic N) is 3. The Kier molecular flexibility index (Phi) is 7.72. The minimum absolute atomic E-state index is 0.133. The van der Waals surface area contributed by atoms with Gasteiger partial charge in [-0.15, -0.1) is 0 Å². The Morgan fingerprint density at radius 3 is 2.42 bits per heavy atom. The predicted molar refractivity (Wildman–Crippen MR) is 138 cm³/mol. The van der Waals surface area contributed by atoms with Crippen LogP contribution in [0.4, 0.5) is 11.4 Å². The molecule has 0 spiro atoms. The van der Waals surface area contributed by atoms with E-state index in [-0.39, 0.29) is 23.9 Å². The van der Waals surface area contributed by atoms with Gasteiger partial charge in [-0.25, -0.2) is 5.43 Å². The average Bonchev–Trinajstić information content (AvgIpc) is 2.92. The number of amides is 1. The van der Waals surface area contributed by atoms with Crippen LogP contribution in [0.25, 0.3) is 10.8 Å². The van der Waals surface area contributed by atoms with Gasteiger partial charge in [0.25, 0.3) is 11.6 Å². The van der Waals surface area contributed by atoms with Crippen molar-refractivity contribution in [1.82, 2.24) is 5.43 Å².